The Labute approximate surface area is 183 Å². The molecule has 1 unspecified atom stereocenters. The highest BCUT2D eigenvalue weighted by Gasteiger charge is 2.46. The fraction of sp³-hybridized carbons (Fsp3) is 0.727. The van der Waals surface area contributed by atoms with E-state index in [0.29, 0.717) is 12.8 Å². The summed E-state index contributed by atoms with van der Waals surface area (Å²) in [6.07, 6.45) is 12.0. The molecular formula is C22H42O6P2. The number of allylic oxidation sites excluding steroid dienone is 6. The van der Waals surface area contributed by atoms with Crippen molar-refractivity contribution in [2.45, 2.75) is 91.9 Å². The first-order valence-corrected chi connectivity index (χ1v) is 14.1. The molecule has 0 heterocycles. The minimum absolute atomic E-state index is 0.0774. The van der Waals surface area contributed by atoms with E-state index in [4.69, 9.17) is 9.05 Å². The van der Waals surface area contributed by atoms with Crippen molar-refractivity contribution >= 4 is 15.2 Å². The molecule has 0 radical (unpaired) electrons. The Morgan fingerprint density at radius 2 is 1.30 bits per heavy atom. The van der Waals surface area contributed by atoms with Crippen LogP contribution in [0.15, 0.2) is 34.9 Å². The van der Waals surface area contributed by atoms with E-state index in [1.54, 1.807) is 13.8 Å². The molecule has 0 aromatic rings. The molecule has 8 heteroatoms. The summed E-state index contributed by atoms with van der Waals surface area (Å²) in [5.41, 5.74) is 3.99. The Hall–Kier alpha value is -0.480. The van der Waals surface area contributed by atoms with Crippen molar-refractivity contribution in [2.75, 3.05) is 13.2 Å². The Morgan fingerprint density at radius 1 is 0.833 bits per heavy atom. The van der Waals surface area contributed by atoms with Crippen LogP contribution in [0.3, 0.4) is 0 Å². The van der Waals surface area contributed by atoms with Gasteiger partial charge < -0.3 is 18.8 Å². The molecule has 176 valence electrons. The zero-order chi connectivity index (χ0) is 23.2. The molecule has 30 heavy (non-hydrogen) atoms. The smallest absolute Gasteiger partial charge is 0.324 e. The molecule has 0 saturated heterocycles. The standard InChI is InChI=1S/C22H42O6P2/c1-7-27-30(26,28-8-2)22(29(23,24)25)18-10-9-14-20(5)16-12-17-21(6)15-11-13-19(3)4/h13-14,17,22H,7-12,15-16,18H2,1-6H3,(H2,23,24,25)/b20-14+,21-17+. The van der Waals surface area contributed by atoms with E-state index < -0.39 is 20.6 Å². The van der Waals surface area contributed by atoms with Gasteiger partial charge in [-0.25, -0.2) is 0 Å². The molecule has 0 aliphatic heterocycles. The fourth-order valence-corrected chi connectivity index (χ4v) is 7.10. The minimum Gasteiger partial charge on any atom is -0.324 e. The van der Waals surface area contributed by atoms with Gasteiger partial charge in [-0.05, 0) is 86.5 Å². The lowest BCUT2D eigenvalue weighted by Crippen LogP contribution is -2.14. The third kappa shape index (κ3) is 13.0. The predicted molar refractivity (Wildman–Crippen MR) is 126 cm³/mol. The number of hydrogen-bond donors (Lipinski definition) is 2. The average molecular weight is 465 g/mol. The van der Waals surface area contributed by atoms with Crippen LogP contribution in [0.25, 0.3) is 0 Å². The summed E-state index contributed by atoms with van der Waals surface area (Å²) in [5.74, 6) is 0. The molecule has 0 aliphatic rings. The van der Waals surface area contributed by atoms with Crippen LogP contribution in [0.5, 0.6) is 0 Å². The number of rotatable bonds is 16. The van der Waals surface area contributed by atoms with E-state index in [9.17, 15) is 18.9 Å². The maximum absolute atomic E-state index is 12.8. The van der Waals surface area contributed by atoms with Crippen molar-refractivity contribution < 1.29 is 28.0 Å². The molecular weight excluding hydrogens is 422 g/mol. The molecule has 0 fully saturated rings. The molecule has 0 spiro atoms. The van der Waals surface area contributed by atoms with Gasteiger partial charge in [0.15, 0.2) is 5.40 Å². The molecule has 0 aliphatic carbocycles. The molecule has 0 aromatic carbocycles. The third-order valence-electron chi connectivity index (χ3n) is 4.65. The maximum Gasteiger partial charge on any atom is 0.345 e. The van der Waals surface area contributed by atoms with Crippen LogP contribution in [-0.4, -0.2) is 28.4 Å². The highest BCUT2D eigenvalue weighted by atomic mass is 31.2. The summed E-state index contributed by atoms with van der Waals surface area (Å²) in [7, 11) is -8.47. The fourth-order valence-electron chi connectivity index (χ4n) is 3.07. The SMILES string of the molecule is CCOP(=O)(OCC)C(CCC/C=C(\C)CC/C=C(\C)CCC=C(C)C)P(=O)(O)O. The highest BCUT2D eigenvalue weighted by molar-refractivity contribution is 7.71. The topological polar surface area (TPSA) is 93.1 Å². The van der Waals surface area contributed by atoms with Crippen LogP contribution in [0, 0.1) is 0 Å². The van der Waals surface area contributed by atoms with E-state index in [1.165, 1.54) is 16.7 Å². The van der Waals surface area contributed by atoms with E-state index >= 15 is 0 Å². The van der Waals surface area contributed by atoms with Gasteiger partial charge in [0, 0.05) is 0 Å². The van der Waals surface area contributed by atoms with Crippen LogP contribution in [0.4, 0.5) is 0 Å². The van der Waals surface area contributed by atoms with Gasteiger partial charge in [-0.15, -0.1) is 0 Å². The first-order valence-electron chi connectivity index (χ1n) is 10.8. The molecule has 0 bridgehead atoms. The molecule has 0 amide bonds. The van der Waals surface area contributed by atoms with Gasteiger partial charge in [-0.3, -0.25) is 9.13 Å². The summed E-state index contributed by atoms with van der Waals surface area (Å²) < 4.78 is 35.1. The highest BCUT2D eigenvalue weighted by Crippen LogP contribution is 2.67. The van der Waals surface area contributed by atoms with Crippen molar-refractivity contribution in [3.8, 4) is 0 Å². The van der Waals surface area contributed by atoms with Gasteiger partial charge in [0.05, 0.1) is 13.2 Å². The van der Waals surface area contributed by atoms with Gasteiger partial charge >= 0.3 is 15.2 Å². The van der Waals surface area contributed by atoms with Gasteiger partial charge in [0.1, 0.15) is 0 Å². The number of hydrogen-bond acceptors (Lipinski definition) is 4. The summed E-state index contributed by atoms with van der Waals surface area (Å²) in [4.78, 5) is 19.4. The largest absolute Gasteiger partial charge is 0.345 e. The monoisotopic (exact) mass is 464 g/mol. The first kappa shape index (κ1) is 29.5. The van der Waals surface area contributed by atoms with Gasteiger partial charge in [0.2, 0.25) is 0 Å². The van der Waals surface area contributed by atoms with Crippen LogP contribution in [-0.2, 0) is 18.2 Å². The van der Waals surface area contributed by atoms with Crippen molar-refractivity contribution in [3.63, 3.8) is 0 Å². The van der Waals surface area contributed by atoms with Gasteiger partial charge in [-0.2, -0.15) is 0 Å². The van der Waals surface area contributed by atoms with Crippen LogP contribution in [0.1, 0.15) is 86.5 Å². The normalized spacial score (nSPS) is 14.7. The predicted octanol–water partition coefficient (Wildman–Crippen LogP) is 7.35. The molecule has 0 aromatic heterocycles. The Kier molecular flexibility index (Phi) is 15.1. The van der Waals surface area contributed by atoms with Crippen LogP contribution < -0.4 is 0 Å². The van der Waals surface area contributed by atoms with E-state index in [0.717, 1.165) is 25.7 Å². The quantitative estimate of drug-likeness (QED) is 0.141. The van der Waals surface area contributed by atoms with Crippen molar-refractivity contribution in [1.82, 2.24) is 0 Å². The van der Waals surface area contributed by atoms with Gasteiger partial charge in [-0.1, -0.05) is 34.9 Å². The van der Waals surface area contributed by atoms with Crippen molar-refractivity contribution in [2.24, 2.45) is 0 Å². The average Bonchev–Trinajstić information content (AvgIpc) is 2.60. The molecule has 6 nitrogen and oxygen atoms in total. The Balaban J connectivity index is 4.64. The zero-order valence-corrected chi connectivity index (χ0v) is 21.4. The van der Waals surface area contributed by atoms with E-state index in [2.05, 4.69) is 45.9 Å². The molecule has 0 saturated carbocycles. The second-order valence-electron chi connectivity index (χ2n) is 7.84. The summed E-state index contributed by atoms with van der Waals surface area (Å²) >= 11 is 0. The third-order valence-corrected chi connectivity index (χ3v) is 9.66. The van der Waals surface area contributed by atoms with Gasteiger partial charge in [0.25, 0.3) is 0 Å². The van der Waals surface area contributed by atoms with Crippen LogP contribution in [0.2, 0.25) is 0 Å². The molecule has 0 rings (SSSR count). The minimum atomic E-state index is -4.61. The Bertz CT molecular complexity index is 661. The first-order chi connectivity index (χ1) is 14.0. The zero-order valence-electron chi connectivity index (χ0n) is 19.6. The van der Waals surface area contributed by atoms with E-state index in [1.807, 2.05) is 0 Å². The Morgan fingerprint density at radius 3 is 1.73 bits per heavy atom. The van der Waals surface area contributed by atoms with E-state index in [-0.39, 0.29) is 19.6 Å². The number of unbranched alkanes of at least 4 members (excludes halogenated alkanes) is 1. The summed E-state index contributed by atoms with van der Waals surface area (Å²) in [6, 6.07) is 0. The summed E-state index contributed by atoms with van der Waals surface area (Å²) in [5, 5.41) is -1.41. The molecule has 2 N–H and O–H groups in total. The summed E-state index contributed by atoms with van der Waals surface area (Å²) in [6.45, 7) is 11.9. The maximum atomic E-state index is 12.8. The molecule has 1 atom stereocenters. The van der Waals surface area contributed by atoms with Crippen molar-refractivity contribution in [1.29, 1.82) is 0 Å². The van der Waals surface area contributed by atoms with Crippen molar-refractivity contribution in [3.05, 3.63) is 34.9 Å². The lowest BCUT2D eigenvalue weighted by molar-refractivity contribution is 0.213. The lowest BCUT2D eigenvalue weighted by atomic mass is 10.1. The van der Waals surface area contributed by atoms with Crippen LogP contribution >= 0.6 is 15.2 Å². The second kappa shape index (κ2) is 15.3. The second-order valence-corrected chi connectivity index (χ2v) is 12.3. The lowest BCUT2D eigenvalue weighted by Gasteiger charge is -2.26.